The molecule has 1 saturated heterocycles. The van der Waals surface area contributed by atoms with Gasteiger partial charge in [-0.25, -0.2) is 0 Å². The summed E-state index contributed by atoms with van der Waals surface area (Å²) in [4.78, 5) is 14.9. The van der Waals surface area contributed by atoms with E-state index in [1.165, 1.54) is 23.1 Å². The van der Waals surface area contributed by atoms with E-state index in [4.69, 9.17) is 0 Å². The Hall–Kier alpha value is -3.32. The van der Waals surface area contributed by atoms with Gasteiger partial charge >= 0.3 is 6.18 Å². The third kappa shape index (κ3) is 4.48. The molecule has 0 radical (unpaired) electrons. The highest BCUT2D eigenvalue weighted by molar-refractivity contribution is 6.00. The van der Waals surface area contributed by atoms with Crippen molar-refractivity contribution in [1.82, 2.24) is 5.32 Å². The lowest BCUT2D eigenvalue weighted by atomic mass is 10.0. The molecule has 1 amide bonds. The van der Waals surface area contributed by atoms with E-state index in [0.717, 1.165) is 23.3 Å². The van der Waals surface area contributed by atoms with Crippen molar-refractivity contribution in [3.8, 4) is 5.75 Å². The number of carbonyl (C=O) groups is 1. The average Bonchev–Trinajstić information content (AvgIpc) is 3.10. The van der Waals surface area contributed by atoms with E-state index in [1.54, 1.807) is 18.2 Å². The number of hydrogen-bond donors (Lipinski definition) is 2. The first-order chi connectivity index (χ1) is 15.2. The summed E-state index contributed by atoms with van der Waals surface area (Å²) in [6, 6.07) is 19.9. The molecule has 1 aliphatic rings. The fraction of sp³-hybridized carbons (Fsp3) is 0.240. The van der Waals surface area contributed by atoms with E-state index in [9.17, 15) is 23.1 Å². The zero-order valence-electron chi connectivity index (χ0n) is 17.4. The van der Waals surface area contributed by atoms with Gasteiger partial charge < -0.3 is 10.0 Å². The number of halogens is 3. The smallest absolute Gasteiger partial charge is 0.416 e. The fourth-order valence-electron chi connectivity index (χ4n) is 4.17. The van der Waals surface area contributed by atoms with Gasteiger partial charge in [0.25, 0.3) is 0 Å². The number of aromatic hydroxyl groups is 1. The van der Waals surface area contributed by atoms with Crippen molar-refractivity contribution in [2.45, 2.75) is 37.6 Å². The summed E-state index contributed by atoms with van der Waals surface area (Å²) in [7, 11) is 0. The van der Waals surface area contributed by atoms with E-state index in [0.29, 0.717) is 12.1 Å². The minimum absolute atomic E-state index is 0.0661. The van der Waals surface area contributed by atoms with Gasteiger partial charge in [0.15, 0.2) is 0 Å². The van der Waals surface area contributed by atoms with Crippen LogP contribution < -0.4 is 10.2 Å². The summed E-state index contributed by atoms with van der Waals surface area (Å²) in [6.07, 6.45) is -4.03. The van der Waals surface area contributed by atoms with Crippen LogP contribution in [0.3, 0.4) is 0 Å². The van der Waals surface area contributed by atoms with Crippen LogP contribution in [0.4, 0.5) is 18.9 Å². The van der Waals surface area contributed by atoms with Crippen LogP contribution in [-0.4, -0.2) is 17.1 Å². The monoisotopic (exact) mass is 440 g/mol. The average molecular weight is 440 g/mol. The molecule has 3 atom stereocenters. The number of phenols is 1. The van der Waals surface area contributed by atoms with Crippen LogP contribution in [0.5, 0.6) is 5.75 Å². The quantitative estimate of drug-likeness (QED) is 0.542. The Bertz CT molecular complexity index is 1080. The predicted octanol–water partition coefficient (Wildman–Crippen LogP) is 5.61. The number of benzene rings is 3. The van der Waals surface area contributed by atoms with Gasteiger partial charge in [0.1, 0.15) is 5.75 Å². The van der Waals surface area contributed by atoms with Crippen LogP contribution in [0.15, 0.2) is 78.9 Å². The van der Waals surface area contributed by atoms with Gasteiger partial charge in [-0.2, -0.15) is 13.2 Å². The standard InChI is InChI=1S/C25H23F3N2O2/c1-16(17-6-3-2-4-7-17)29-22-15-23(18-8-5-9-21(31)14-18)30(24(22)32)20-12-10-19(11-13-20)25(26,27)28/h2-14,16,22-23,29,31H,15H2,1H3. The SMILES string of the molecule is CC(NC1CC(c2cccc(O)c2)N(c2ccc(C(F)(F)F)cc2)C1=O)c1ccccc1. The van der Waals surface area contributed by atoms with Crippen molar-refractivity contribution in [3.05, 3.63) is 95.6 Å². The number of alkyl halides is 3. The lowest BCUT2D eigenvalue weighted by Gasteiger charge is -2.25. The molecule has 1 fully saturated rings. The molecule has 3 aromatic rings. The summed E-state index contributed by atoms with van der Waals surface area (Å²) >= 11 is 0. The number of hydrogen-bond acceptors (Lipinski definition) is 3. The van der Waals surface area contributed by atoms with E-state index in [1.807, 2.05) is 37.3 Å². The Morgan fingerprint density at radius 1 is 1.00 bits per heavy atom. The molecule has 7 heteroatoms. The Morgan fingerprint density at radius 3 is 2.31 bits per heavy atom. The summed E-state index contributed by atoms with van der Waals surface area (Å²) in [5.41, 5.74) is 1.36. The third-order valence-corrected chi connectivity index (χ3v) is 5.78. The van der Waals surface area contributed by atoms with E-state index >= 15 is 0 Å². The molecule has 3 unspecified atom stereocenters. The highest BCUT2D eigenvalue weighted by atomic mass is 19.4. The van der Waals surface area contributed by atoms with Crippen molar-refractivity contribution in [3.63, 3.8) is 0 Å². The van der Waals surface area contributed by atoms with E-state index in [-0.39, 0.29) is 17.7 Å². The first-order valence-electron chi connectivity index (χ1n) is 10.3. The van der Waals surface area contributed by atoms with Crippen LogP contribution in [0, 0.1) is 0 Å². The normalized spacial score (nSPS) is 19.9. The van der Waals surface area contributed by atoms with Gasteiger partial charge in [-0.15, -0.1) is 0 Å². The molecule has 32 heavy (non-hydrogen) atoms. The first-order valence-corrected chi connectivity index (χ1v) is 10.3. The second kappa shape index (κ2) is 8.67. The van der Waals surface area contributed by atoms with Gasteiger partial charge in [-0.3, -0.25) is 10.1 Å². The Kier molecular flexibility index (Phi) is 5.93. The van der Waals surface area contributed by atoms with E-state index in [2.05, 4.69) is 5.32 Å². The summed E-state index contributed by atoms with van der Waals surface area (Å²) < 4.78 is 39.0. The number of carbonyl (C=O) groups excluding carboxylic acids is 1. The topological polar surface area (TPSA) is 52.6 Å². The second-order valence-corrected chi connectivity index (χ2v) is 7.95. The van der Waals surface area contributed by atoms with Crippen LogP contribution in [0.1, 0.15) is 42.1 Å². The molecule has 1 aliphatic heterocycles. The molecule has 2 N–H and O–H groups in total. The molecule has 1 heterocycles. The number of anilines is 1. The fourth-order valence-corrected chi connectivity index (χ4v) is 4.17. The molecule has 166 valence electrons. The number of phenolic OH excluding ortho intramolecular Hbond substituents is 1. The zero-order valence-corrected chi connectivity index (χ0v) is 17.4. The van der Waals surface area contributed by atoms with Crippen LogP contribution in [0.2, 0.25) is 0 Å². The molecule has 0 spiro atoms. The molecule has 4 nitrogen and oxygen atoms in total. The maximum atomic E-state index is 13.4. The highest BCUT2D eigenvalue weighted by Crippen LogP contribution is 2.40. The van der Waals surface area contributed by atoms with Gasteiger partial charge in [-0.1, -0.05) is 42.5 Å². The van der Waals surface area contributed by atoms with Gasteiger partial charge in [0, 0.05) is 11.7 Å². The first kappa shape index (κ1) is 21.9. The summed E-state index contributed by atoms with van der Waals surface area (Å²) in [5.74, 6) is -0.155. The summed E-state index contributed by atoms with van der Waals surface area (Å²) in [6.45, 7) is 1.97. The van der Waals surface area contributed by atoms with Gasteiger partial charge in [-0.05, 0) is 60.9 Å². The largest absolute Gasteiger partial charge is 0.508 e. The molecule has 0 aromatic heterocycles. The second-order valence-electron chi connectivity index (χ2n) is 7.95. The van der Waals surface area contributed by atoms with Crippen LogP contribution in [-0.2, 0) is 11.0 Å². The Labute approximate surface area is 184 Å². The van der Waals surface area contributed by atoms with Crippen LogP contribution >= 0.6 is 0 Å². The maximum absolute atomic E-state index is 13.4. The molecule has 0 aliphatic carbocycles. The van der Waals surface area contributed by atoms with Crippen molar-refractivity contribution in [2.24, 2.45) is 0 Å². The highest BCUT2D eigenvalue weighted by Gasteiger charge is 2.42. The Morgan fingerprint density at radius 2 is 1.69 bits per heavy atom. The molecular formula is C25H23F3N2O2. The van der Waals surface area contributed by atoms with E-state index < -0.39 is 23.8 Å². The number of amides is 1. The number of rotatable bonds is 5. The van der Waals surface area contributed by atoms with Gasteiger partial charge in [0.05, 0.1) is 17.6 Å². The van der Waals surface area contributed by atoms with Crippen molar-refractivity contribution in [1.29, 1.82) is 0 Å². The molecule has 3 aromatic carbocycles. The molecule has 0 saturated carbocycles. The van der Waals surface area contributed by atoms with Crippen molar-refractivity contribution < 1.29 is 23.1 Å². The molecule has 4 rings (SSSR count). The number of nitrogens with one attached hydrogen (secondary N) is 1. The van der Waals surface area contributed by atoms with Crippen LogP contribution in [0.25, 0.3) is 0 Å². The lowest BCUT2D eigenvalue weighted by molar-refractivity contribution is -0.137. The molecule has 0 bridgehead atoms. The van der Waals surface area contributed by atoms with Gasteiger partial charge in [0.2, 0.25) is 5.91 Å². The van der Waals surface area contributed by atoms with Crippen molar-refractivity contribution >= 4 is 11.6 Å². The molecular weight excluding hydrogens is 417 g/mol. The summed E-state index contributed by atoms with van der Waals surface area (Å²) in [5, 5.41) is 13.3. The predicted molar refractivity (Wildman–Crippen MR) is 116 cm³/mol. The minimum Gasteiger partial charge on any atom is -0.508 e. The third-order valence-electron chi connectivity index (χ3n) is 5.78. The Balaban J connectivity index is 1.66. The minimum atomic E-state index is -4.45. The van der Waals surface area contributed by atoms with Crippen molar-refractivity contribution in [2.75, 3.05) is 4.90 Å². The maximum Gasteiger partial charge on any atom is 0.416 e. The zero-order chi connectivity index (χ0) is 22.9. The lowest BCUT2D eigenvalue weighted by Crippen LogP contribution is -2.39. The number of nitrogens with zero attached hydrogens (tertiary/aromatic N) is 1.